The van der Waals surface area contributed by atoms with E-state index in [2.05, 4.69) is 24.8 Å². The van der Waals surface area contributed by atoms with Crippen molar-refractivity contribution >= 4 is 5.69 Å². The minimum Gasteiger partial charge on any atom is -0.368 e. The Morgan fingerprint density at radius 2 is 1.95 bits per heavy atom. The molecule has 1 aliphatic rings. The van der Waals surface area contributed by atoms with Gasteiger partial charge in [0.05, 0.1) is 0 Å². The van der Waals surface area contributed by atoms with Crippen molar-refractivity contribution in [2.24, 2.45) is 11.7 Å². The highest BCUT2D eigenvalue weighted by molar-refractivity contribution is 5.50. The highest BCUT2D eigenvalue weighted by Crippen LogP contribution is 2.30. The van der Waals surface area contributed by atoms with E-state index in [0.29, 0.717) is 18.5 Å². The molecule has 2 N–H and O–H groups in total. The molecule has 0 bridgehead atoms. The van der Waals surface area contributed by atoms with Crippen LogP contribution >= 0.6 is 0 Å². The first-order chi connectivity index (χ1) is 9.60. The molecule has 0 heterocycles. The van der Waals surface area contributed by atoms with Crippen LogP contribution in [-0.4, -0.2) is 19.1 Å². The minimum atomic E-state index is -0.141. The van der Waals surface area contributed by atoms with Gasteiger partial charge in [-0.1, -0.05) is 26.7 Å². The van der Waals surface area contributed by atoms with Crippen molar-refractivity contribution in [1.82, 2.24) is 0 Å². The first kappa shape index (κ1) is 15.3. The van der Waals surface area contributed by atoms with E-state index in [9.17, 15) is 4.39 Å². The van der Waals surface area contributed by atoms with Gasteiger partial charge in [-0.2, -0.15) is 0 Å². The standard InChI is InChI=1S/C17H27FN2/c1-13(2)12-20(16-5-3-4-6-16)17-10-14(7-8-19)9-15(18)11-17/h9-11,13,16H,3-8,12,19H2,1-2H3. The van der Waals surface area contributed by atoms with Crippen molar-refractivity contribution in [3.05, 3.63) is 29.6 Å². The van der Waals surface area contributed by atoms with Crippen LogP contribution in [0, 0.1) is 11.7 Å². The maximum absolute atomic E-state index is 13.9. The molecule has 0 saturated heterocycles. The fourth-order valence-electron chi connectivity index (χ4n) is 3.18. The Bertz CT molecular complexity index is 425. The number of nitrogens with zero attached hydrogens (tertiary/aromatic N) is 1. The molecule has 112 valence electrons. The van der Waals surface area contributed by atoms with Crippen LogP contribution in [-0.2, 0) is 6.42 Å². The van der Waals surface area contributed by atoms with Crippen LogP contribution in [0.15, 0.2) is 18.2 Å². The molecular formula is C17H27FN2. The number of halogens is 1. The van der Waals surface area contributed by atoms with Crippen molar-refractivity contribution in [3.8, 4) is 0 Å². The average molecular weight is 278 g/mol. The van der Waals surface area contributed by atoms with E-state index in [4.69, 9.17) is 5.73 Å². The van der Waals surface area contributed by atoms with E-state index < -0.39 is 0 Å². The number of hydrogen-bond donors (Lipinski definition) is 1. The largest absolute Gasteiger partial charge is 0.368 e. The molecule has 1 aliphatic carbocycles. The Morgan fingerprint density at radius 3 is 2.55 bits per heavy atom. The van der Waals surface area contributed by atoms with Gasteiger partial charge in [0.15, 0.2) is 0 Å². The highest BCUT2D eigenvalue weighted by Gasteiger charge is 2.24. The van der Waals surface area contributed by atoms with Crippen molar-refractivity contribution in [3.63, 3.8) is 0 Å². The molecule has 2 nitrogen and oxygen atoms in total. The van der Waals surface area contributed by atoms with E-state index in [-0.39, 0.29) is 5.82 Å². The van der Waals surface area contributed by atoms with Gasteiger partial charge in [0.25, 0.3) is 0 Å². The SMILES string of the molecule is CC(C)CN(c1cc(F)cc(CCN)c1)C1CCCC1. The second-order valence-electron chi connectivity index (χ2n) is 6.34. The lowest BCUT2D eigenvalue weighted by Gasteiger charge is -2.33. The monoisotopic (exact) mass is 278 g/mol. The Hall–Kier alpha value is -1.09. The maximum Gasteiger partial charge on any atom is 0.125 e. The van der Waals surface area contributed by atoms with E-state index >= 15 is 0 Å². The first-order valence-electron chi connectivity index (χ1n) is 7.86. The van der Waals surface area contributed by atoms with Crippen molar-refractivity contribution in [2.45, 2.75) is 52.0 Å². The van der Waals surface area contributed by atoms with Crippen LogP contribution in [0.3, 0.4) is 0 Å². The van der Waals surface area contributed by atoms with E-state index in [1.165, 1.54) is 25.7 Å². The van der Waals surface area contributed by atoms with Gasteiger partial charge in [-0.15, -0.1) is 0 Å². The van der Waals surface area contributed by atoms with Crippen molar-refractivity contribution in [1.29, 1.82) is 0 Å². The Balaban J connectivity index is 2.26. The molecule has 1 aromatic carbocycles. The summed E-state index contributed by atoms with van der Waals surface area (Å²) in [4.78, 5) is 2.42. The molecule has 1 fully saturated rings. The molecule has 0 aliphatic heterocycles. The summed E-state index contributed by atoms with van der Waals surface area (Å²) in [7, 11) is 0. The fourth-order valence-corrected chi connectivity index (χ4v) is 3.18. The average Bonchev–Trinajstić information content (AvgIpc) is 2.89. The zero-order chi connectivity index (χ0) is 14.5. The smallest absolute Gasteiger partial charge is 0.125 e. The first-order valence-corrected chi connectivity index (χ1v) is 7.86. The zero-order valence-corrected chi connectivity index (χ0v) is 12.7. The predicted octanol–water partition coefficient (Wildman–Crippen LogP) is 3.73. The summed E-state index contributed by atoms with van der Waals surface area (Å²) in [5, 5.41) is 0. The number of hydrogen-bond acceptors (Lipinski definition) is 2. The lowest BCUT2D eigenvalue weighted by atomic mass is 10.1. The molecule has 0 atom stereocenters. The summed E-state index contributed by atoms with van der Waals surface area (Å²) in [6.45, 7) is 6.01. The second-order valence-corrected chi connectivity index (χ2v) is 6.34. The fraction of sp³-hybridized carbons (Fsp3) is 0.647. The lowest BCUT2D eigenvalue weighted by molar-refractivity contribution is 0.533. The zero-order valence-electron chi connectivity index (χ0n) is 12.7. The molecule has 1 saturated carbocycles. The summed E-state index contributed by atoms with van der Waals surface area (Å²) in [6, 6.07) is 5.99. The molecule has 0 amide bonds. The predicted molar refractivity (Wildman–Crippen MR) is 83.6 cm³/mol. The Kier molecular flexibility index (Phi) is 5.41. The van der Waals surface area contributed by atoms with E-state index in [1.807, 2.05) is 0 Å². The van der Waals surface area contributed by atoms with Gasteiger partial charge in [0.2, 0.25) is 0 Å². The summed E-state index contributed by atoms with van der Waals surface area (Å²) in [5.74, 6) is 0.439. The van der Waals surface area contributed by atoms with Crippen LogP contribution in [0.5, 0.6) is 0 Å². The molecule has 3 heteroatoms. The molecule has 0 aromatic heterocycles. The maximum atomic E-state index is 13.9. The molecular weight excluding hydrogens is 251 g/mol. The molecule has 2 rings (SSSR count). The van der Waals surface area contributed by atoms with Gasteiger partial charge in [-0.3, -0.25) is 0 Å². The van der Waals surface area contributed by atoms with Gasteiger partial charge >= 0.3 is 0 Å². The van der Waals surface area contributed by atoms with Crippen molar-refractivity contribution < 1.29 is 4.39 Å². The third kappa shape index (κ3) is 3.95. The molecule has 0 spiro atoms. The molecule has 0 radical (unpaired) electrons. The summed E-state index contributed by atoms with van der Waals surface area (Å²) in [6.07, 6.45) is 5.80. The van der Waals surface area contributed by atoms with Gasteiger partial charge < -0.3 is 10.6 Å². The number of benzene rings is 1. The van der Waals surface area contributed by atoms with E-state index in [0.717, 1.165) is 24.2 Å². The topological polar surface area (TPSA) is 29.3 Å². The van der Waals surface area contributed by atoms with Gasteiger partial charge in [0.1, 0.15) is 5.82 Å². The minimum absolute atomic E-state index is 0.141. The van der Waals surface area contributed by atoms with Crippen LogP contribution < -0.4 is 10.6 Å². The summed E-state index contributed by atoms with van der Waals surface area (Å²) >= 11 is 0. The Labute approximate surface area is 122 Å². The summed E-state index contributed by atoms with van der Waals surface area (Å²) < 4.78 is 13.9. The second kappa shape index (κ2) is 7.07. The molecule has 1 aromatic rings. The van der Waals surface area contributed by atoms with Crippen LogP contribution in [0.2, 0.25) is 0 Å². The van der Waals surface area contributed by atoms with Crippen molar-refractivity contribution in [2.75, 3.05) is 18.0 Å². The third-order valence-electron chi connectivity index (χ3n) is 4.03. The quantitative estimate of drug-likeness (QED) is 0.859. The molecule has 0 unspecified atom stereocenters. The van der Waals surface area contributed by atoms with Crippen LogP contribution in [0.25, 0.3) is 0 Å². The normalized spacial score (nSPS) is 16.1. The van der Waals surface area contributed by atoms with Gasteiger partial charge in [-0.05, 0) is 55.5 Å². The number of nitrogens with two attached hydrogens (primary N) is 1. The molecule has 20 heavy (non-hydrogen) atoms. The highest BCUT2D eigenvalue weighted by atomic mass is 19.1. The van der Waals surface area contributed by atoms with Gasteiger partial charge in [-0.25, -0.2) is 4.39 Å². The summed E-state index contributed by atoms with van der Waals surface area (Å²) in [5.41, 5.74) is 7.65. The van der Waals surface area contributed by atoms with Crippen LogP contribution in [0.1, 0.15) is 45.1 Å². The lowest BCUT2D eigenvalue weighted by Crippen LogP contribution is -2.36. The Morgan fingerprint density at radius 1 is 1.25 bits per heavy atom. The third-order valence-corrected chi connectivity index (χ3v) is 4.03. The van der Waals surface area contributed by atoms with E-state index in [1.54, 1.807) is 12.1 Å². The number of anilines is 1. The van der Waals surface area contributed by atoms with Crippen LogP contribution in [0.4, 0.5) is 10.1 Å². The number of rotatable bonds is 6. The van der Waals surface area contributed by atoms with Gasteiger partial charge in [0, 0.05) is 18.3 Å².